The number of carbonyl (C=O) groups is 1. The van der Waals surface area contributed by atoms with E-state index in [-0.39, 0.29) is 24.2 Å². The third-order valence-electron chi connectivity index (χ3n) is 3.89. The second-order valence-corrected chi connectivity index (χ2v) is 6.51. The molecule has 1 aliphatic rings. The standard InChI is InChI=1S/C15H25N3O2S/c1-11(14-5-4-7-20-14)17-15(19)16-9-13(18(2)3)12-6-8-21-10-12/h6,8,10-11,13-14H,4-5,7,9H2,1-3H3,(H2,16,17,19)/t11-,13+,14-/m0/s1. The van der Waals surface area contributed by atoms with Crippen molar-refractivity contribution < 1.29 is 9.53 Å². The Kier molecular flexibility index (Phi) is 6.02. The zero-order valence-electron chi connectivity index (χ0n) is 13.0. The number of amides is 2. The van der Waals surface area contributed by atoms with Crippen LogP contribution in [0.2, 0.25) is 0 Å². The highest BCUT2D eigenvalue weighted by molar-refractivity contribution is 7.07. The Hall–Kier alpha value is -1.11. The Balaban J connectivity index is 1.79. The van der Waals surface area contributed by atoms with E-state index in [1.807, 2.05) is 21.0 Å². The average molecular weight is 311 g/mol. The molecule has 0 spiro atoms. The molecule has 2 rings (SSSR count). The van der Waals surface area contributed by atoms with Gasteiger partial charge in [0, 0.05) is 13.2 Å². The van der Waals surface area contributed by atoms with Gasteiger partial charge in [0.05, 0.1) is 18.2 Å². The maximum absolute atomic E-state index is 12.0. The summed E-state index contributed by atoms with van der Waals surface area (Å²) in [6, 6.07) is 2.22. The normalized spacial score (nSPS) is 21.2. The number of nitrogens with one attached hydrogen (secondary N) is 2. The van der Waals surface area contributed by atoms with Gasteiger partial charge in [-0.2, -0.15) is 11.3 Å². The Bertz CT molecular complexity index is 430. The molecular formula is C15H25N3O2S. The third-order valence-corrected chi connectivity index (χ3v) is 4.59. The van der Waals surface area contributed by atoms with Crippen LogP contribution in [0.3, 0.4) is 0 Å². The van der Waals surface area contributed by atoms with Crippen molar-refractivity contribution in [2.75, 3.05) is 27.2 Å². The molecule has 118 valence electrons. The van der Waals surface area contributed by atoms with Gasteiger partial charge in [-0.15, -0.1) is 0 Å². The molecule has 0 aromatic carbocycles. The Morgan fingerprint density at radius 3 is 2.95 bits per heavy atom. The van der Waals surface area contributed by atoms with E-state index in [2.05, 4.69) is 32.4 Å². The first-order chi connectivity index (χ1) is 10.1. The van der Waals surface area contributed by atoms with Crippen LogP contribution in [-0.2, 0) is 4.74 Å². The van der Waals surface area contributed by atoms with Crippen molar-refractivity contribution in [3.63, 3.8) is 0 Å². The molecule has 0 radical (unpaired) electrons. The van der Waals surface area contributed by atoms with E-state index >= 15 is 0 Å². The van der Waals surface area contributed by atoms with Gasteiger partial charge in [-0.3, -0.25) is 0 Å². The summed E-state index contributed by atoms with van der Waals surface area (Å²) < 4.78 is 5.59. The molecule has 0 aliphatic carbocycles. The van der Waals surface area contributed by atoms with E-state index in [1.165, 1.54) is 5.56 Å². The average Bonchev–Trinajstić information content (AvgIpc) is 3.12. The first kappa shape index (κ1) is 16.3. The van der Waals surface area contributed by atoms with Crippen molar-refractivity contribution in [3.05, 3.63) is 22.4 Å². The zero-order chi connectivity index (χ0) is 15.2. The minimum Gasteiger partial charge on any atom is -0.376 e. The van der Waals surface area contributed by atoms with Gasteiger partial charge < -0.3 is 20.3 Å². The molecule has 0 unspecified atom stereocenters. The van der Waals surface area contributed by atoms with Gasteiger partial charge in [0.1, 0.15) is 0 Å². The Morgan fingerprint density at radius 2 is 2.38 bits per heavy atom. The summed E-state index contributed by atoms with van der Waals surface area (Å²) in [5, 5.41) is 10.1. The second-order valence-electron chi connectivity index (χ2n) is 5.73. The highest BCUT2D eigenvalue weighted by atomic mass is 32.1. The molecule has 2 amide bonds. The molecule has 6 heteroatoms. The summed E-state index contributed by atoms with van der Waals surface area (Å²) in [4.78, 5) is 14.1. The maximum Gasteiger partial charge on any atom is 0.315 e. The summed E-state index contributed by atoms with van der Waals surface area (Å²) >= 11 is 1.68. The monoisotopic (exact) mass is 311 g/mol. The van der Waals surface area contributed by atoms with Crippen LogP contribution in [0, 0.1) is 0 Å². The summed E-state index contributed by atoms with van der Waals surface area (Å²) in [5.74, 6) is 0. The minimum absolute atomic E-state index is 0.0476. The first-order valence-electron chi connectivity index (χ1n) is 7.42. The lowest BCUT2D eigenvalue weighted by atomic mass is 10.1. The van der Waals surface area contributed by atoms with E-state index in [1.54, 1.807) is 11.3 Å². The highest BCUT2D eigenvalue weighted by Gasteiger charge is 2.24. The van der Waals surface area contributed by atoms with Crippen molar-refractivity contribution in [2.45, 2.75) is 38.0 Å². The molecule has 0 bridgehead atoms. The summed E-state index contributed by atoms with van der Waals surface area (Å²) in [7, 11) is 4.05. The van der Waals surface area contributed by atoms with Crippen LogP contribution >= 0.6 is 11.3 Å². The van der Waals surface area contributed by atoms with E-state index in [0.29, 0.717) is 6.54 Å². The maximum atomic E-state index is 12.0. The number of nitrogens with zero attached hydrogens (tertiary/aromatic N) is 1. The molecule has 1 aromatic heterocycles. The third kappa shape index (κ3) is 4.69. The van der Waals surface area contributed by atoms with Crippen LogP contribution in [0.4, 0.5) is 4.79 Å². The van der Waals surface area contributed by atoms with Gasteiger partial charge in [-0.1, -0.05) is 0 Å². The van der Waals surface area contributed by atoms with Crippen molar-refractivity contribution in [3.8, 4) is 0 Å². The number of ether oxygens (including phenoxy) is 1. The molecule has 5 nitrogen and oxygen atoms in total. The van der Waals surface area contributed by atoms with Gasteiger partial charge >= 0.3 is 6.03 Å². The lowest BCUT2D eigenvalue weighted by Crippen LogP contribution is -2.47. The molecule has 21 heavy (non-hydrogen) atoms. The van der Waals surface area contributed by atoms with Gasteiger partial charge in [0.25, 0.3) is 0 Å². The lowest BCUT2D eigenvalue weighted by Gasteiger charge is -2.25. The van der Waals surface area contributed by atoms with Crippen LogP contribution in [0.15, 0.2) is 16.8 Å². The second kappa shape index (κ2) is 7.77. The quantitative estimate of drug-likeness (QED) is 0.847. The molecule has 1 aliphatic heterocycles. The molecule has 2 N–H and O–H groups in total. The number of hydrogen-bond acceptors (Lipinski definition) is 4. The van der Waals surface area contributed by atoms with Crippen LogP contribution in [-0.4, -0.2) is 50.3 Å². The number of thiophene rings is 1. The lowest BCUT2D eigenvalue weighted by molar-refractivity contribution is 0.0859. The molecule has 1 fully saturated rings. The topological polar surface area (TPSA) is 53.6 Å². The largest absolute Gasteiger partial charge is 0.376 e. The van der Waals surface area contributed by atoms with Crippen molar-refractivity contribution >= 4 is 17.4 Å². The van der Waals surface area contributed by atoms with Gasteiger partial charge in [-0.25, -0.2) is 4.79 Å². The van der Waals surface area contributed by atoms with Gasteiger partial charge in [0.15, 0.2) is 0 Å². The van der Waals surface area contributed by atoms with Crippen molar-refractivity contribution in [2.24, 2.45) is 0 Å². The Morgan fingerprint density at radius 1 is 1.57 bits per heavy atom. The molecule has 1 aromatic rings. The van der Waals surface area contributed by atoms with Crippen LogP contribution in [0.1, 0.15) is 31.4 Å². The predicted octanol–water partition coefficient (Wildman–Crippen LogP) is 2.22. The minimum atomic E-state index is -0.125. The zero-order valence-corrected chi connectivity index (χ0v) is 13.8. The van der Waals surface area contributed by atoms with E-state index in [4.69, 9.17) is 4.74 Å². The fourth-order valence-electron chi connectivity index (χ4n) is 2.60. The number of urea groups is 1. The smallest absolute Gasteiger partial charge is 0.315 e. The SMILES string of the molecule is C[C@H](NC(=O)NC[C@H](c1ccsc1)N(C)C)[C@@H]1CCCO1. The number of hydrogen-bond donors (Lipinski definition) is 2. The van der Waals surface area contributed by atoms with Crippen LogP contribution < -0.4 is 10.6 Å². The fraction of sp³-hybridized carbons (Fsp3) is 0.667. The number of likely N-dealkylation sites (N-methyl/N-ethyl adjacent to an activating group) is 1. The number of carbonyl (C=O) groups excluding carboxylic acids is 1. The number of rotatable bonds is 6. The molecular weight excluding hydrogens is 286 g/mol. The van der Waals surface area contributed by atoms with E-state index in [9.17, 15) is 4.79 Å². The van der Waals surface area contributed by atoms with Crippen LogP contribution in [0.25, 0.3) is 0 Å². The van der Waals surface area contributed by atoms with Gasteiger partial charge in [-0.05, 0) is 56.3 Å². The summed E-state index contributed by atoms with van der Waals surface area (Å²) in [5.41, 5.74) is 1.23. The molecule has 3 atom stereocenters. The summed E-state index contributed by atoms with van der Waals surface area (Å²) in [6.45, 7) is 3.39. The van der Waals surface area contributed by atoms with Gasteiger partial charge in [0.2, 0.25) is 0 Å². The predicted molar refractivity (Wildman–Crippen MR) is 85.7 cm³/mol. The van der Waals surface area contributed by atoms with Crippen molar-refractivity contribution in [1.82, 2.24) is 15.5 Å². The first-order valence-corrected chi connectivity index (χ1v) is 8.36. The fourth-order valence-corrected chi connectivity index (χ4v) is 3.31. The Labute approximate surface area is 130 Å². The van der Waals surface area contributed by atoms with E-state index in [0.717, 1.165) is 19.4 Å². The van der Waals surface area contributed by atoms with E-state index < -0.39 is 0 Å². The van der Waals surface area contributed by atoms with Crippen LogP contribution in [0.5, 0.6) is 0 Å². The van der Waals surface area contributed by atoms with Crippen molar-refractivity contribution in [1.29, 1.82) is 0 Å². The molecule has 2 heterocycles. The molecule has 1 saturated heterocycles. The molecule has 0 saturated carbocycles. The highest BCUT2D eigenvalue weighted by Crippen LogP contribution is 2.20. The summed E-state index contributed by atoms with van der Waals surface area (Å²) in [6.07, 6.45) is 2.26.